The zero-order valence-electron chi connectivity index (χ0n) is 18.0. The van der Waals surface area contributed by atoms with Gasteiger partial charge in [0.25, 0.3) is 5.91 Å². The van der Waals surface area contributed by atoms with Gasteiger partial charge >= 0.3 is 0 Å². The molecule has 0 spiro atoms. The second kappa shape index (κ2) is 10.2. The molecule has 0 saturated carbocycles. The molecular formula is C25H35N3O2+2. The maximum atomic E-state index is 13.2. The Morgan fingerprint density at radius 2 is 1.60 bits per heavy atom. The van der Waals surface area contributed by atoms with Crippen molar-refractivity contribution in [3.8, 4) is 0 Å². The van der Waals surface area contributed by atoms with Crippen molar-refractivity contribution in [2.75, 3.05) is 39.3 Å². The minimum absolute atomic E-state index is 0.0517. The predicted molar refractivity (Wildman–Crippen MR) is 118 cm³/mol. The Hall–Kier alpha value is -2.21. The van der Waals surface area contributed by atoms with Crippen molar-refractivity contribution in [2.45, 2.75) is 38.0 Å². The van der Waals surface area contributed by atoms with Crippen molar-refractivity contribution in [2.24, 2.45) is 0 Å². The second-order valence-electron chi connectivity index (χ2n) is 8.73. The van der Waals surface area contributed by atoms with E-state index in [2.05, 4.69) is 36.5 Å². The average molecular weight is 410 g/mol. The van der Waals surface area contributed by atoms with Gasteiger partial charge < -0.3 is 19.9 Å². The first-order chi connectivity index (χ1) is 14.7. The molecule has 0 unspecified atom stereocenters. The number of rotatable bonds is 7. The first kappa shape index (κ1) is 21.0. The van der Waals surface area contributed by atoms with Gasteiger partial charge in [-0.25, -0.2) is 0 Å². The van der Waals surface area contributed by atoms with E-state index in [1.54, 1.807) is 4.90 Å². The lowest BCUT2D eigenvalue weighted by molar-refractivity contribution is -1.02. The van der Waals surface area contributed by atoms with Gasteiger partial charge in [0.15, 0.2) is 6.04 Å². The molecule has 2 heterocycles. The molecule has 2 aromatic carbocycles. The standard InChI is InChI=1S/C25H33N3O2/c1-20(28-16-14-27(15-17-28)19-23-13-8-18-30-23)25(29)26-24(21-9-4-2-5-10-21)22-11-6-3-7-12-22/h2-7,9-12,20,23-24H,8,13-19H2,1H3,(H,26,29)/p+2/t20-,23+/m1/s1. The van der Waals surface area contributed by atoms with E-state index in [4.69, 9.17) is 4.74 Å². The van der Waals surface area contributed by atoms with Crippen LogP contribution in [0.5, 0.6) is 0 Å². The van der Waals surface area contributed by atoms with Gasteiger partial charge in [0, 0.05) is 6.61 Å². The van der Waals surface area contributed by atoms with Gasteiger partial charge in [-0.05, 0) is 30.9 Å². The van der Waals surface area contributed by atoms with Gasteiger partial charge in [-0.3, -0.25) is 4.79 Å². The Bertz CT molecular complexity index is 745. The summed E-state index contributed by atoms with van der Waals surface area (Å²) in [7, 11) is 0. The van der Waals surface area contributed by atoms with Gasteiger partial charge in [-0.15, -0.1) is 0 Å². The largest absolute Gasteiger partial charge is 0.372 e. The fourth-order valence-corrected chi connectivity index (χ4v) is 4.79. The van der Waals surface area contributed by atoms with Gasteiger partial charge in [-0.1, -0.05) is 60.7 Å². The third kappa shape index (κ3) is 5.28. The molecule has 2 fully saturated rings. The van der Waals surface area contributed by atoms with Crippen LogP contribution in [0.2, 0.25) is 0 Å². The van der Waals surface area contributed by atoms with Gasteiger partial charge in [0.1, 0.15) is 38.8 Å². The summed E-state index contributed by atoms with van der Waals surface area (Å²) in [6, 6.07) is 20.3. The van der Waals surface area contributed by atoms with E-state index >= 15 is 0 Å². The number of hydrogen-bond acceptors (Lipinski definition) is 2. The lowest BCUT2D eigenvalue weighted by atomic mass is 9.98. The Labute approximate surface area is 180 Å². The van der Waals surface area contributed by atoms with Gasteiger partial charge in [0.05, 0.1) is 6.04 Å². The Morgan fingerprint density at radius 1 is 1.00 bits per heavy atom. The molecule has 160 valence electrons. The van der Waals surface area contributed by atoms with Crippen molar-refractivity contribution in [1.29, 1.82) is 0 Å². The number of nitrogens with one attached hydrogen (secondary N) is 3. The van der Waals surface area contributed by atoms with Crippen LogP contribution in [0.1, 0.15) is 36.9 Å². The molecule has 5 heteroatoms. The van der Waals surface area contributed by atoms with Crippen LogP contribution in [0.15, 0.2) is 60.7 Å². The van der Waals surface area contributed by atoms with E-state index in [0.717, 1.165) is 50.5 Å². The van der Waals surface area contributed by atoms with Crippen molar-refractivity contribution in [3.05, 3.63) is 71.8 Å². The molecule has 0 aliphatic carbocycles. The van der Waals surface area contributed by atoms with Crippen molar-refractivity contribution < 1.29 is 19.3 Å². The van der Waals surface area contributed by atoms with Crippen LogP contribution in [0.3, 0.4) is 0 Å². The number of piperazine rings is 1. The van der Waals surface area contributed by atoms with E-state index < -0.39 is 0 Å². The average Bonchev–Trinajstić information content (AvgIpc) is 3.31. The van der Waals surface area contributed by atoms with Crippen LogP contribution in [0.4, 0.5) is 0 Å². The SMILES string of the molecule is C[C@H](C(=O)NC(c1ccccc1)c1ccccc1)[NH+]1CC[NH+](C[C@@H]2CCCO2)CC1. The van der Waals surface area contributed by atoms with E-state index in [0.29, 0.717) is 6.10 Å². The predicted octanol–water partition coefficient (Wildman–Crippen LogP) is 0.243. The van der Waals surface area contributed by atoms with Crippen LogP contribution in [-0.4, -0.2) is 57.4 Å². The smallest absolute Gasteiger partial charge is 0.278 e. The monoisotopic (exact) mass is 409 g/mol. The van der Waals surface area contributed by atoms with Crippen LogP contribution < -0.4 is 15.1 Å². The fourth-order valence-electron chi connectivity index (χ4n) is 4.79. The Morgan fingerprint density at radius 3 is 2.13 bits per heavy atom. The molecule has 0 radical (unpaired) electrons. The van der Waals surface area contributed by atoms with Gasteiger partial charge in [0.2, 0.25) is 0 Å². The molecule has 4 rings (SSSR count). The molecule has 0 bridgehead atoms. The molecule has 2 aromatic rings. The minimum atomic E-state index is -0.117. The summed E-state index contributed by atoms with van der Waals surface area (Å²) in [5, 5.41) is 3.33. The third-order valence-corrected chi connectivity index (χ3v) is 6.70. The fraction of sp³-hybridized carbons (Fsp3) is 0.480. The van der Waals surface area contributed by atoms with Crippen LogP contribution in [-0.2, 0) is 9.53 Å². The topological polar surface area (TPSA) is 47.2 Å². The first-order valence-electron chi connectivity index (χ1n) is 11.4. The van der Waals surface area contributed by atoms with Crippen LogP contribution >= 0.6 is 0 Å². The molecule has 2 saturated heterocycles. The maximum absolute atomic E-state index is 13.2. The number of ether oxygens (including phenoxy) is 1. The highest BCUT2D eigenvalue weighted by Gasteiger charge is 2.33. The normalized spacial score (nSPS) is 25.2. The number of carbonyl (C=O) groups excluding carboxylic acids is 1. The number of amides is 1. The minimum Gasteiger partial charge on any atom is -0.372 e. The number of carbonyl (C=O) groups is 1. The number of benzene rings is 2. The highest BCUT2D eigenvalue weighted by Crippen LogP contribution is 2.21. The number of hydrogen-bond donors (Lipinski definition) is 3. The van der Waals surface area contributed by atoms with Crippen molar-refractivity contribution in [1.82, 2.24) is 5.32 Å². The quantitative estimate of drug-likeness (QED) is 0.614. The Balaban J connectivity index is 1.35. The molecule has 2 aliphatic rings. The molecule has 1 amide bonds. The molecular weight excluding hydrogens is 374 g/mol. The summed E-state index contributed by atoms with van der Waals surface area (Å²) >= 11 is 0. The summed E-state index contributed by atoms with van der Waals surface area (Å²) < 4.78 is 5.80. The molecule has 2 atom stereocenters. The van der Waals surface area contributed by atoms with Crippen LogP contribution in [0.25, 0.3) is 0 Å². The molecule has 3 N–H and O–H groups in total. The molecule has 30 heavy (non-hydrogen) atoms. The Kier molecular flexibility index (Phi) is 7.16. The lowest BCUT2D eigenvalue weighted by Gasteiger charge is -2.34. The number of quaternary nitrogens is 2. The van der Waals surface area contributed by atoms with E-state index in [1.807, 2.05) is 36.4 Å². The van der Waals surface area contributed by atoms with Gasteiger partial charge in [-0.2, -0.15) is 0 Å². The zero-order valence-corrected chi connectivity index (χ0v) is 18.0. The van der Waals surface area contributed by atoms with Crippen LogP contribution in [0, 0.1) is 0 Å². The second-order valence-corrected chi connectivity index (χ2v) is 8.73. The summed E-state index contributed by atoms with van der Waals surface area (Å²) in [5.74, 6) is 0.130. The van der Waals surface area contributed by atoms with E-state index in [1.165, 1.54) is 17.7 Å². The summed E-state index contributed by atoms with van der Waals surface area (Å²) in [4.78, 5) is 16.2. The molecule has 5 nitrogen and oxygen atoms in total. The molecule has 0 aromatic heterocycles. The summed E-state index contributed by atoms with van der Waals surface area (Å²) in [6.45, 7) is 8.44. The maximum Gasteiger partial charge on any atom is 0.278 e. The van der Waals surface area contributed by atoms with Crippen molar-refractivity contribution in [3.63, 3.8) is 0 Å². The third-order valence-electron chi connectivity index (χ3n) is 6.70. The summed E-state index contributed by atoms with van der Waals surface area (Å²) in [6.07, 6.45) is 2.86. The highest BCUT2D eigenvalue weighted by molar-refractivity contribution is 5.80. The zero-order chi connectivity index (χ0) is 20.8. The first-order valence-corrected chi connectivity index (χ1v) is 11.4. The van der Waals surface area contributed by atoms with E-state index in [9.17, 15) is 4.79 Å². The highest BCUT2D eigenvalue weighted by atomic mass is 16.5. The van der Waals surface area contributed by atoms with E-state index in [-0.39, 0.29) is 18.0 Å². The molecule has 2 aliphatic heterocycles. The summed E-state index contributed by atoms with van der Waals surface area (Å²) in [5.41, 5.74) is 2.23. The lowest BCUT2D eigenvalue weighted by Crippen LogP contribution is -3.30. The van der Waals surface area contributed by atoms with Crippen molar-refractivity contribution >= 4 is 5.91 Å².